The van der Waals surface area contributed by atoms with E-state index in [1.54, 1.807) is 6.07 Å². The highest BCUT2D eigenvalue weighted by atomic mass is 32.1. The second-order valence-electron chi connectivity index (χ2n) is 6.98. The van der Waals surface area contributed by atoms with Gasteiger partial charge in [-0.15, -0.1) is 11.3 Å². The summed E-state index contributed by atoms with van der Waals surface area (Å²) >= 11 is 1.50. The first-order valence-electron chi connectivity index (χ1n) is 9.44. The van der Waals surface area contributed by atoms with E-state index in [2.05, 4.69) is 4.98 Å². The van der Waals surface area contributed by atoms with Gasteiger partial charge in [-0.25, -0.2) is 4.98 Å². The molecule has 1 amide bonds. The molecule has 3 aromatic rings. The molecule has 2 aromatic carbocycles. The predicted octanol–water partition coefficient (Wildman–Crippen LogP) is 6.00. The summed E-state index contributed by atoms with van der Waals surface area (Å²) in [5.74, 6) is -0.620. The van der Waals surface area contributed by atoms with Crippen molar-refractivity contribution < 1.29 is 18.0 Å². The zero-order valence-electron chi connectivity index (χ0n) is 15.5. The Labute approximate surface area is 170 Å². The van der Waals surface area contributed by atoms with Gasteiger partial charge in [0.25, 0.3) is 0 Å². The molecule has 4 rings (SSSR count). The summed E-state index contributed by atoms with van der Waals surface area (Å²) < 4.78 is 41.9. The third kappa shape index (κ3) is 4.19. The summed E-state index contributed by atoms with van der Waals surface area (Å²) in [4.78, 5) is 19.1. The Morgan fingerprint density at radius 3 is 2.52 bits per heavy atom. The summed E-state index contributed by atoms with van der Waals surface area (Å²) in [6, 6.07) is 14.8. The average molecular weight is 416 g/mol. The number of likely N-dealkylation sites (tertiary alicyclic amines) is 1. The SMILES string of the molecule is O=C(/C=C(/c1ccccc1)C(F)(F)F)N1CCCCC1c1nc2ccccc2s1. The molecule has 2 heterocycles. The van der Waals surface area contributed by atoms with Crippen LogP contribution < -0.4 is 0 Å². The molecule has 1 aromatic heterocycles. The van der Waals surface area contributed by atoms with E-state index in [0.717, 1.165) is 34.1 Å². The molecule has 0 saturated carbocycles. The van der Waals surface area contributed by atoms with E-state index in [-0.39, 0.29) is 11.6 Å². The minimum Gasteiger partial charge on any atom is -0.330 e. The molecule has 1 fully saturated rings. The number of carbonyl (C=O) groups excluding carboxylic acids is 1. The largest absolute Gasteiger partial charge is 0.417 e. The van der Waals surface area contributed by atoms with E-state index in [4.69, 9.17) is 0 Å². The van der Waals surface area contributed by atoms with E-state index in [1.165, 1.54) is 40.5 Å². The van der Waals surface area contributed by atoms with Crippen LogP contribution in [0.25, 0.3) is 15.8 Å². The second kappa shape index (κ2) is 7.99. The molecule has 0 radical (unpaired) electrons. The van der Waals surface area contributed by atoms with Crippen molar-refractivity contribution in [1.82, 2.24) is 9.88 Å². The summed E-state index contributed by atoms with van der Waals surface area (Å²) in [5.41, 5.74) is -0.0834. The summed E-state index contributed by atoms with van der Waals surface area (Å²) in [6.45, 7) is 0.426. The monoisotopic (exact) mass is 416 g/mol. The fourth-order valence-electron chi connectivity index (χ4n) is 3.64. The lowest BCUT2D eigenvalue weighted by atomic mass is 10.0. The van der Waals surface area contributed by atoms with Crippen LogP contribution in [-0.4, -0.2) is 28.5 Å². The number of allylic oxidation sites excluding steroid dienone is 1. The number of amides is 1. The molecule has 150 valence electrons. The van der Waals surface area contributed by atoms with Crippen LogP contribution in [0.2, 0.25) is 0 Å². The quantitative estimate of drug-likeness (QED) is 0.491. The van der Waals surface area contributed by atoms with Gasteiger partial charge < -0.3 is 4.90 Å². The van der Waals surface area contributed by atoms with Gasteiger partial charge in [0.15, 0.2) is 0 Å². The van der Waals surface area contributed by atoms with E-state index in [9.17, 15) is 18.0 Å². The molecule has 1 saturated heterocycles. The normalized spacial score (nSPS) is 18.2. The third-order valence-electron chi connectivity index (χ3n) is 5.04. The van der Waals surface area contributed by atoms with E-state index >= 15 is 0 Å². The smallest absolute Gasteiger partial charge is 0.330 e. The number of rotatable bonds is 3. The van der Waals surface area contributed by atoms with Gasteiger partial charge in [0.05, 0.1) is 21.8 Å². The number of fused-ring (bicyclic) bond motifs is 1. The van der Waals surface area contributed by atoms with Crippen molar-refractivity contribution in [2.75, 3.05) is 6.54 Å². The molecule has 3 nitrogen and oxygen atoms in total. The number of alkyl halides is 3. The Hall–Kier alpha value is -2.67. The molecule has 0 spiro atoms. The van der Waals surface area contributed by atoms with Crippen molar-refractivity contribution in [2.45, 2.75) is 31.5 Å². The predicted molar refractivity (Wildman–Crippen MR) is 108 cm³/mol. The van der Waals surface area contributed by atoms with E-state index < -0.39 is 17.7 Å². The Bertz CT molecular complexity index is 1010. The first-order chi connectivity index (χ1) is 13.9. The molecule has 1 aliphatic rings. The van der Waals surface area contributed by atoms with Gasteiger partial charge in [-0.1, -0.05) is 42.5 Å². The van der Waals surface area contributed by atoms with Crippen LogP contribution in [0.3, 0.4) is 0 Å². The topological polar surface area (TPSA) is 33.2 Å². The van der Waals surface area contributed by atoms with Crippen molar-refractivity contribution >= 4 is 33.0 Å². The summed E-state index contributed by atoms with van der Waals surface area (Å²) in [6.07, 6.45) is -1.49. The summed E-state index contributed by atoms with van der Waals surface area (Å²) in [5, 5.41) is 0.779. The van der Waals surface area contributed by atoms with Crippen molar-refractivity contribution in [3.63, 3.8) is 0 Å². The number of thiazole rings is 1. The third-order valence-corrected chi connectivity index (χ3v) is 6.18. The Morgan fingerprint density at radius 2 is 1.79 bits per heavy atom. The Kier molecular flexibility index (Phi) is 5.41. The van der Waals surface area contributed by atoms with Crippen LogP contribution in [-0.2, 0) is 4.79 Å². The number of halogens is 3. The lowest BCUT2D eigenvalue weighted by molar-refractivity contribution is -0.130. The molecule has 29 heavy (non-hydrogen) atoms. The maximum Gasteiger partial charge on any atom is 0.417 e. The number of piperidine rings is 1. The average Bonchev–Trinajstić information content (AvgIpc) is 3.16. The molecule has 1 aliphatic heterocycles. The fourth-order valence-corrected chi connectivity index (χ4v) is 4.75. The first-order valence-corrected chi connectivity index (χ1v) is 10.3. The van der Waals surface area contributed by atoms with E-state index in [1.807, 2.05) is 24.3 Å². The maximum atomic E-state index is 13.6. The standard InChI is InChI=1S/C22H19F3N2OS/c23-22(24,25)16(15-8-2-1-3-9-15)14-20(28)27-13-7-6-11-18(27)21-26-17-10-4-5-12-19(17)29-21/h1-5,8-10,12,14,18H,6-7,11,13H2/b16-14-. The Morgan fingerprint density at radius 1 is 1.07 bits per heavy atom. The zero-order valence-corrected chi connectivity index (χ0v) is 16.3. The number of aromatic nitrogens is 1. The number of carbonyl (C=O) groups is 1. The van der Waals surface area contributed by atoms with Crippen molar-refractivity contribution in [1.29, 1.82) is 0 Å². The van der Waals surface area contributed by atoms with Crippen molar-refractivity contribution in [2.24, 2.45) is 0 Å². The maximum absolute atomic E-state index is 13.6. The van der Waals surface area contributed by atoms with Gasteiger partial charge in [0, 0.05) is 12.6 Å². The van der Waals surface area contributed by atoms with Gasteiger partial charge in [0.2, 0.25) is 5.91 Å². The number of nitrogens with zero attached hydrogens (tertiary/aromatic N) is 2. The van der Waals surface area contributed by atoms with Crippen LogP contribution in [0.15, 0.2) is 60.7 Å². The summed E-state index contributed by atoms with van der Waals surface area (Å²) in [7, 11) is 0. The molecular formula is C22H19F3N2OS. The van der Waals surface area contributed by atoms with Crippen LogP contribution in [0.5, 0.6) is 0 Å². The molecule has 7 heteroatoms. The molecular weight excluding hydrogens is 397 g/mol. The van der Waals surface area contributed by atoms with Crippen LogP contribution in [0, 0.1) is 0 Å². The first kappa shape index (κ1) is 19.6. The number of para-hydroxylation sites is 1. The molecule has 1 atom stereocenters. The highest BCUT2D eigenvalue weighted by Crippen LogP contribution is 2.38. The van der Waals surface area contributed by atoms with Crippen molar-refractivity contribution in [3.05, 3.63) is 71.2 Å². The second-order valence-corrected chi connectivity index (χ2v) is 8.05. The zero-order chi connectivity index (χ0) is 20.4. The van der Waals surface area contributed by atoms with Gasteiger partial charge in [-0.2, -0.15) is 13.2 Å². The van der Waals surface area contributed by atoms with E-state index in [0.29, 0.717) is 13.0 Å². The van der Waals surface area contributed by atoms with Gasteiger partial charge >= 0.3 is 6.18 Å². The minimum absolute atomic E-state index is 0.0121. The highest BCUT2D eigenvalue weighted by molar-refractivity contribution is 7.18. The van der Waals surface area contributed by atoms with Crippen LogP contribution in [0.1, 0.15) is 35.9 Å². The van der Waals surface area contributed by atoms with Gasteiger partial charge in [-0.3, -0.25) is 4.79 Å². The number of hydrogen-bond acceptors (Lipinski definition) is 3. The highest BCUT2D eigenvalue weighted by Gasteiger charge is 2.37. The molecule has 0 bridgehead atoms. The van der Waals surface area contributed by atoms with Crippen LogP contribution >= 0.6 is 11.3 Å². The Balaban J connectivity index is 1.68. The van der Waals surface area contributed by atoms with Gasteiger partial charge in [-0.05, 0) is 37.0 Å². The molecule has 0 aliphatic carbocycles. The molecule has 0 N–H and O–H groups in total. The fraction of sp³-hybridized carbons (Fsp3) is 0.273. The number of benzene rings is 2. The lowest BCUT2D eigenvalue weighted by Crippen LogP contribution is -2.38. The van der Waals surface area contributed by atoms with Crippen LogP contribution in [0.4, 0.5) is 13.2 Å². The van der Waals surface area contributed by atoms with Crippen molar-refractivity contribution in [3.8, 4) is 0 Å². The molecule has 1 unspecified atom stereocenters. The minimum atomic E-state index is -4.61. The number of hydrogen-bond donors (Lipinski definition) is 0. The lowest BCUT2D eigenvalue weighted by Gasteiger charge is -2.34. The van der Waals surface area contributed by atoms with Gasteiger partial charge in [0.1, 0.15) is 5.01 Å².